The van der Waals surface area contributed by atoms with Crippen LogP contribution in [0.3, 0.4) is 0 Å². The Labute approximate surface area is 152 Å². The van der Waals surface area contributed by atoms with Gasteiger partial charge in [0.05, 0.1) is 16.1 Å². The van der Waals surface area contributed by atoms with Crippen molar-refractivity contribution in [2.45, 2.75) is 25.3 Å². The van der Waals surface area contributed by atoms with E-state index in [9.17, 15) is 4.79 Å². The smallest absolute Gasteiger partial charge is 0.272 e. The van der Waals surface area contributed by atoms with Crippen molar-refractivity contribution >= 4 is 33.2 Å². The zero-order valence-electron chi connectivity index (χ0n) is 13.1. The van der Waals surface area contributed by atoms with Crippen LogP contribution in [0.1, 0.15) is 33.8 Å². The third kappa shape index (κ3) is 2.91. The van der Waals surface area contributed by atoms with Crippen LogP contribution < -0.4 is 5.32 Å². The van der Waals surface area contributed by atoms with E-state index in [1.54, 1.807) is 11.3 Å². The maximum absolute atomic E-state index is 12.6. The molecule has 2 heterocycles. The lowest BCUT2D eigenvalue weighted by atomic mass is 10.0. The first-order valence-electron chi connectivity index (χ1n) is 7.77. The van der Waals surface area contributed by atoms with Crippen LogP contribution >= 0.6 is 27.3 Å². The van der Waals surface area contributed by atoms with Gasteiger partial charge in [-0.3, -0.25) is 9.89 Å². The van der Waals surface area contributed by atoms with E-state index in [2.05, 4.69) is 56.6 Å². The second-order valence-electron chi connectivity index (χ2n) is 6.12. The summed E-state index contributed by atoms with van der Waals surface area (Å²) in [5.74, 6) is -0.136. The molecular weight excluding hydrogens is 386 g/mol. The van der Waals surface area contributed by atoms with Gasteiger partial charge in [-0.2, -0.15) is 5.10 Å². The standard InChI is InChI=1S/C18H16BrN3OS/c1-11-5-6-16(24-11)14-10-15(22-21-14)17(23)20-18(7-8-18)12-3-2-4-13(19)9-12/h2-6,9-10H,7-8H2,1H3,(H,20,23)(H,21,22). The number of amides is 1. The van der Waals surface area contributed by atoms with Crippen LogP contribution in [0.2, 0.25) is 0 Å². The molecule has 1 fully saturated rings. The number of benzene rings is 1. The third-order valence-corrected chi connectivity index (χ3v) is 5.82. The molecule has 0 atom stereocenters. The van der Waals surface area contributed by atoms with Gasteiger partial charge in [-0.15, -0.1) is 11.3 Å². The molecule has 3 aromatic rings. The number of aromatic nitrogens is 2. The molecule has 2 N–H and O–H groups in total. The van der Waals surface area contributed by atoms with Crippen LogP contribution in [-0.2, 0) is 5.54 Å². The van der Waals surface area contributed by atoms with E-state index in [0.29, 0.717) is 5.69 Å². The quantitative estimate of drug-likeness (QED) is 0.669. The van der Waals surface area contributed by atoms with Gasteiger partial charge >= 0.3 is 0 Å². The Kier molecular flexibility index (Phi) is 3.81. The minimum atomic E-state index is -0.250. The highest BCUT2D eigenvalue weighted by atomic mass is 79.9. The number of carbonyl (C=O) groups excluding carboxylic acids is 1. The van der Waals surface area contributed by atoms with Crippen molar-refractivity contribution in [3.63, 3.8) is 0 Å². The Morgan fingerprint density at radius 1 is 1.29 bits per heavy atom. The molecule has 1 aromatic carbocycles. The van der Waals surface area contributed by atoms with E-state index < -0.39 is 0 Å². The van der Waals surface area contributed by atoms with Crippen molar-refractivity contribution in [1.29, 1.82) is 0 Å². The number of aromatic amines is 1. The topological polar surface area (TPSA) is 57.8 Å². The zero-order chi connectivity index (χ0) is 16.7. The number of thiophene rings is 1. The van der Waals surface area contributed by atoms with E-state index in [1.165, 1.54) is 4.88 Å². The van der Waals surface area contributed by atoms with Gasteiger partial charge in [-0.1, -0.05) is 28.1 Å². The summed E-state index contributed by atoms with van der Waals surface area (Å²) < 4.78 is 1.02. The van der Waals surface area contributed by atoms with Gasteiger partial charge in [0.15, 0.2) is 5.69 Å². The number of aryl methyl sites for hydroxylation is 1. The molecule has 0 bridgehead atoms. The van der Waals surface area contributed by atoms with E-state index in [0.717, 1.165) is 33.4 Å². The van der Waals surface area contributed by atoms with Gasteiger partial charge in [0.2, 0.25) is 0 Å². The van der Waals surface area contributed by atoms with Crippen molar-refractivity contribution in [3.05, 3.63) is 63.1 Å². The average molecular weight is 402 g/mol. The molecule has 2 aromatic heterocycles. The van der Waals surface area contributed by atoms with Crippen molar-refractivity contribution in [2.24, 2.45) is 0 Å². The summed E-state index contributed by atoms with van der Waals surface area (Å²) in [7, 11) is 0. The summed E-state index contributed by atoms with van der Waals surface area (Å²) in [5, 5.41) is 10.3. The fraction of sp³-hybridized carbons (Fsp3) is 0.222. The highest BCUT2D eigenvalue weighted by Gasteiger charge is 2.46. The maximum Gasteiger partial charge on any atom is 0.272 e. The second-order valence-corrected chi connectivity index (χ2v) is 8.33. The summed E-state index contributed by atoms with van der Waals surface area (Å²) in [6, 6.07) is 14.0. The van der Waals surface area contributed by atoms with Gasteiger partial charge in [-0.05, 0) is 55.7 Å². The molecule has 0 saturated heterocycles. The summed E-state index contributed by atoms with van der Waals surface area (Å²) in [5.41, 5.74) is 2.19. The van der Waals surface area contributed by atoms with Gasteiger partial charge in [-0.25, -0.2) is 0 Å². The number of nitrogens with one attached hydrogen (secondary N) is 2. The molecular formula is C18H16BrN3OS. The van der Waals surface area contributed by atoms with Crippen LogP contribution in [-0.4, -0.2) is 16.1 Å². The molecule has 0 spiro atoms. The Bertz CT molecular complexity index is 910. The Hall–Kier alpha value is -1.92. The first-order chi connectivity index (χ1) is 11.6. The Morgan fingerprint density at radius 2 is 2.12 bits per heavy atom. The lowest BCUT2D eigenvalue weighted by Gasteiger charge is -2.17. The Morgan fingerprint density at radius 3 is 2.79 bits per heavy atom. The van der Waals surface area contributed by atoms with Crippen molar-refractivity contribution < 1.29 is 4.79 Å². The molecule has 0 aliphatic heterocycles. The van der Waals surface area contributed by atoms with Crippen LogP contribution in [0, 0.1) is 6.92 Å². The molecule has 0 radical (unpaired) electrons. The fourth-order valence-corrected chi connectivity index (χ4v) is 4.05. The van der Waals surface area contributed by atoms with Crippen molar-refractivity contribution in [1.82, 2.24) is 15.5 Å². The number of halogens is 1. The number of hydrogen-bond acceptors (Lipinski definition) is 3. The number of carbonyl (C=O) groups is 1. The largest absolute Gasteiger partial charge is 0.341 e. The zero-order valence-corrected chi connectivity index (χ0v) is 15.5. The van der Waals surface area contributed by atoms with Crippen LogP contribution in [0.25, 0.3) is 10.6 Å². The van der Waals surface area contributed by atoms with Gasteiger partial charge < -0.3 is 5.32 Å². The van der Waals surface area contributed by atoms with Gasteiger partial charge in [0.25, 0.3) is 5.91 Å². The van der Waals surface area contributed by atoms with Gasteiger partial charge in [0.1, 0.15) is 0 Å². The molecule has 1 aliphatic rings. The summed E-state index contributed by atoms with van der Waals surface area (Å²) in [6.45, 7) is 2.06. The molecule has 0 unspecified atom stereocenters. The molecule has 24 heavy (non-hydrogen) atoms. The van der Waals surface area contributed by atoms with Crippen LogP contribution in [0.4, 0.5) is 0 Å². The fourth-order valence-electron chi connectivity index (χ4n) is 2.82. The predicted octanol–water partition coefficient (Wildman–Crippen LogP) is 4.63. The highest BCUT2D eigenvalue weighted by Crippen LogP contribution is 2.46. The predicted molar refractivity (Wildman–Crippen MR) is 99.2 cm³/mol. The first-order valence-corrected chi connectivity index (χ1v) is 9.37. The average Bonchev–Trinajstić information content (AvgIpc) is 2.97. The number of nitrogens with zero attached hydrogens (tertiary/aromatic N) is 1. The number of H-pyrrole nitrogens is 1. The van der Waals surface area contributed by atoms with E-state index in [4.69, 9.17) is 0 Å². The van der Waals surface area contributed by atoms with Crippen LogP contribution in [0.5, 0.6) is 0 Å². The van der Waals surface area contributed by atoms with E-state index >= 15 is 0 Å². The molecule has 1 aliphatic carbocycles. The third-order valence-electron chi connectivity index (χ3n) is 4.30. The molecule has 6 heteroatoms. The van der Waals surface area contributed by atoms with Crippen LogP contribution in [0.15, 0.2) is 46.9 Å². The summed E-state index contributed by atoms with van der Waals surface area (Å²) in [6.07, 6.45) is 1.91. The SMILES string of the molecule is Cc1ccc(-c2cc(C(=O)NC3(c4cccc(Br)c4)CC3)n[nH]2)s1. The lowest BCUT2D eigenvalue weighted by molar-refractivity contribution is 0.0925. The normalized spacial score (nSPS) is 15.2. The monoisotopic (exact) mass is 401 g/mol. The van der Waals surface area contributed by atoms with Crippen molar-refractivity contribution in [3.8, 4) is 10.6 Å². The van der Waals surface area contributed by atoms with Gasteiger partial charge in [0, 0.05) is 9.35 Å². The minimum Gasteiger partial charge on any atom is -0.341 e. The Balaban J connectivity index is 1.54. The second kappa shape index (κ2) is 5.86. The minimum absolute atomic E-state index is 0.136. The molecule has 4 rings (SSSR count). The number of hydrogen-bond donors (Lipinski definition) is 2. The highest BCUT2D eigenvalue weighted by molar-refractivity contribution is 9.10. The maximum atomic E-state index is 12.6. The van der Waals surface area contributed by atoms with E-state index in [-0.39, 0.29) is 11.4 Å². The van der Waals surface area contributed by atoms with E-state index in [1.807, 2.05) is 24.3 Å². The molecule has 1 saturated carbocycles. The molecule has 1 amide bonds. The lowest BCUT2D eigenvalue weighted by Crippen LogP contribution is -2.35. The first kappa shape index (κ1) is 15.6. The van der Waals surface area contributed by atoms with Crippen molar-refractivity contribution in [2.75, 3.05) is 0 Å². The summed E-state index contributed by atoms with van der Waals surface area (Å²) >= 11 is 5.18. The molecule has 122 valence electrons. The number of rotatable bonds is 4. The summed E-state index contributed by atoms with van der Waals surface area (Å²) in [4.78, 5) is 14.9. The molecule has 4 nitrogen and oxygen atoms in total.